The number of piperidine rings is 1. The molecule has 4 rings (SSSR count). The van der Waals surface area contributed by atoms with E-state index in [2.05, 4.69) is 13.0 Å². The molecule has 8 atom stereocenters. The molecule has 2 N–H and O–H groups in total. The van der Waals surface area contributed by atoms with Gasteiger partial charge in [0, 0.05) is 6.04 Å². The molecule has 0 aromatic rings. The number of fused-ring (bicyclic) bond motifs is 3. The van der Waals surface area contributed by atoms with Gasteiger partial charge in [-0.05, 0) is 68.6 Å². The van der Waals surface area contributed by atoms with Crippen molar-refractivity contribution in [2.24, 2.45) is 29.4 Å². The van der Waals surface area contributed by atoms with Gasteiger partial charge < -0.3 is 10.6 Å². The van der Waals surface area contributed by atoms with Crippen LogP contribution in [0.1, 0.15) is 58.3 Å². The van der Waals surface area contributed by atoms with Crippen molar-refractivity contribution >= 4 is 5.91 Å². The van der Waals surface area contributed by atoms with Crippen LogP contribution in [0.3, 0.4) is 0 Å². The largest absolute Gasteiger partial charge is 0.322 e. The monoisotopic (exact) mass is 333 g/mol. The maximum absolute atomic E-state index is 15.3. The van der Waals surface area contributed by atoms with E-state index in [4.69, 9.17) is 5.73 Å². The van der Waals surface area contributed by atoms with E-state index in [1.165, 1.54) is 0 Å². The summed E-state index contributed by atoms with van der Waals surface area (Å²) in [6, 6.07) is 1.51. The Bertz CT molecular complexity index is 575. The molecule has 4 nitrogen and oxygen atoms in total. The molecule has 4 aliphatic rings. The molecule has 3 saturated carbocycles. The average molecular weight is 333 g/mol. The highest BCUT2D eigenvalue weighted by molar-refractivity contribution is 5.84. The number of hydrogen-bond donors (Lipinski definition) is 1. The molecule has 1 heterocycles. The molecule has 0 aromatic heterocycles. The number of nitrogens with two attached hydrogens (primary N) is 1. The van der Waals surface area contributed by atoms with Crippen molar-refractivity contribution in [3.05, 3.63) is 0 Å². The quantitative estimate of drug-likeness (QED) is 0.863. The predicted octanol–water partition coefficient (Wildman–Crippen LogP) is 2.77. The van der Waals surface area contributed by atoms with Gasteiger partial charge in [-0.2, -0.15) is 5.26 Å². The molecular weight excluding hydrogens is 305 g/mol. The van der Waals surface area contributed by atoms with E-state index in [1.54, 1.807) is 4.90 Å². The molecular formula is C19H28FN3O. The molecule has 6 unspecified atom stereocenters. The van der Waals surface area contributed by atoms with Gasteiger partial charge in [0.2, 0.25) is 5.91 Å². The van der Waals surface area contributed by atoms with Gasteiger partial charge in [-0.25, -0.2) is 4.39 Å². The summed E-state index contributed by atoms with van der Waals surface area (Å²) in [5.74, 6) is 1.17. The number of carbonyl (C=O) groups is 1. The van der Waals surface area contributed by atoms with Crippen LogP contribution in [0.25, 0.3) is 0 Å². The Morgan fingerprint density at radius 2 is 2.12 bits per heavy atom. The first-order valence-corrected chi connectivity index (χ1v) is 9.60. The summed E-state index contributed by atoms with van der Waals surface area (Å²) >= 11 is 0. The summed E-state index contributed by atoms with van der Waals surface area (Å²) in [5, 5.41) is 9.30. The lowest BCUT2D eigenvalue weighted by molar-refractivity contribution is -0.136. The van der Waals surface area contributed by atoms with Gasteiger partial charge in [0.15, 0.2) is 0 Å². The smallest absolute Gasteiger partial charge is 0.241 e. The number of nitriles is 1. The number of carbonyl (C=O) groups excluding carboxylic acids is 1. The molecule has 0 radical (unpaired) electrons. The first-order chi connectivity index (χ1) is 11.4. The van der Waals surface area contributed by atoms with Crippen LogP contribution in [0, 0.1) is 35.0 Å². The molecule has 0 spiro atoms. The highest BCUT2D eigenvalue weighted by Crippen LogP contribution is 2.52. The molecule has 0 aromatic carbocycles. The Morgan fingerprint density at radius 3 is 2.79 bits per heavy atom. The minimum absolute atomic E-state index is 0.0730. The second-order valence-electron chi connectivity index (χ2n) is 8.85. The van der Waals surface area contributed by atoms with E-state index in [-0.39, 0.29) is 23.9 Å². The first-order valence-electron chi connectivity index (χ1n) is 9.60. The van der Waals surface area contributed by atoms with Crippen LogP contribution in [0.2, 0.25) is 0 Å². The van der Waals surface area contributed by atoms with Crippen molar-refractivity contribution in [2.45, 2.75) is 82.1 Å². The van der Waals surface area contributed by atoms with Crippen LogP contribution >= 0.6 is 0 Å². The molecule has 132 valence electrons. The third-order valence-electron chi connectivity index (χ3n) is 7.12. The lowest BCUT2D eigenvalue weighted by Crippen LogP contribution is -2.54. The second-order valence-corrected chi connectivity index (χ2v) is 8.85. The number of alkyl halides is 1. The van der Waals surface area contributed by atoms with Gasteiger partial charge in [-0.3, -0.25) is 4.79 Å². The summed E-state index contributed by atoms with van der Waals surface area (Å²) in [6.07, 6.45) is 6.49. The predicted molar refractivity (Wildman–Crippen MR) is 88.4 cm³/mol. The number of likely N-dealkylation sites (tertiary alicyclic amines) is 1. The van der Waals surface area contributed by atoms with Crippen molar-refractivity contribution in [3.8, 4) is 6.07 Å². The average Bonchev–Trinajstić information content (AvgIpc) is 3.21. The molecule has 2 bridgehead atoms. The number of halogens is 1. The summed E-state index contributed by atoms with van der Waals surface area (Å²) in [5.41, 5.74) is 5.20. The van der Waals surface area contributed by atoms with Crippen LogP contribution in [-0.4, -0.2) is 34.6 Å². The standard InChI is InChI=1S/C19H28FN3O/c1-2-11-3-12-4-14(9-19(20,7-11)8-12)17(22)18(24)23-15(10-21)5-13-6-16(13)23/h11-17H,2-9,22H2,1H3/t11?,12?,13?,14?,15-,16?,17-,19?/m0/s1. The van der Waals surface area contributed by atoms with Gasteiger partial charge >= 0.3 is 0 Å². The van der Waals surface area contributed by atoms with Crippen LogP contribution in [-0.2, 0) is 4.79 Å². The van der Waals surface area contributed by atoms with Gasteiger partial charge in [-0.1, -0.05) is 13.3 Å². The van der Waals surface area contributed by atoms with Gasteiger partial charge in [0.1, 0.15) is 11.7 Å². The Morgan fingerprint density at radius 1 is 1.33 bits per heavy atom. The number of amides is 1. The van der Waals surface area contributed by atoms with E-state index in [1.807, 2.05) is 0 Å². The Balaban J connectivity index is 1.46. The lowest BCUT2D eigenvalue weighted by atomic mass is 9.61. The molecule has 1 aliphatic heterocycles. The van der Waals surface area contributed by atoms with Crippen molar-refractivity contribution in [1.82, 2.24) is 4.90 Å². The maximum atomic E-state index is 15.3. The summed E-state index contributed by atoms with van der Waals surface area (Å²) in [6.45, 7) is 2.14. The fourth-order valence-corrected chi connectivity index (χ4v) is 5.93. The molecule has 4 fully saturated rings. The fraction of sp³-hybridized carbons (Fsp3) is 0.895. The minimum atomic E-state index is -1.13. The van der Waals surface area contributed by atoms with Crippen molar-refractivity contribution in [1.29, 1.82) is 5.26 Å². The third-order valence-corrected chi connectivity index (χ3v) is 7.12. The van der Waals surface area contributed by atoms with E-state index in [9.17, 15) is 10.1 Å². The summed E-state index contributed by atoms with van der Waals surface area (Å²) < 4.78 is 15.3. The minimum Gasteiger partial charge on any atom is -0.322 e. The van der Waals surface area contributed by atoms with Crippen LogP contribution in [0.15, 0.2) is 0 Å². The van der Waals surface area contributed by atoms with E-state index >= 15 is 4.39 Å². The Labute approximate surface area is 143 Å². The van der Waals surface area contributed by atoms with Crippen LogP contribution in [0.5, 0.6) is 0 Å². The second kappa shape index (κ2) is 5.69. The van der Waals surface area contributed by atoms with Crippen molar-refractivity contribution < 1.29 is 9.18 Å². The van der Waals surface area contributed by atoms with E-state index < -0.39 is 11.7 Å². The zero-order valence-electron chi connectivity index (χ0n) is 14.5. The van der Waals surface area contributed by atoms with Crippen molar-refractivity contribution in [3.63, 3.8) is 0 Å². The lowest BCUT2D eigenvalue weighted by Gasteiger charge is -2.47. The zero-order chi connectivity index (χ0) is 17.1. The molecule has 5 heteroatoms. The van der Waals surface area contributed by atoms with Gasteiger partial charge in [-0.15, -0.1) is 0 Å². The van der Waals surface area contributed by atoms with Crippen molar-refractivity contribution in [2.75, 3.05) is 0 Å². The van der Waals surface area contributed by atoms with Gasteiger partial charge in [0.05, 0.1) is 12.1 Å². The van der Waals surface area contributed by atoms with E-state index in [0.29, 0.717) is 37.0 Å². The Kier molecular flexibility index (Phi) is 3.87. The SMILES string of the molecule is CCC1CC2CC([C@H](N)C(=O)N3C4CC4C[C@H]3C#N)CC(F)(C1)C2. The molecule has 3 aliphatic carbocycles. The highest BCUT2D eigenvalue weighted by atomic mass is 19.1. The van der Waals surface area contributed by atoms with E-state index in [0.717, 1.165) is 32.1 Å². The normalized spacial score (nSPS) is 47.7. The first kappa shape index (κ1) is 16.3. The summed E-state index contributed by atoms with van der Waals surface area (Å²) in [4.78, 5) is 14.7. The maximum Gasteiger partial charge on any atom is 0.241 e. The van der Waals surface area contributed by atoms with Crippen LogP contribution in [0.4, 0.5) is 4.39 Å². The topological polar surface area (TPSA) is 70.1 Å². The van der Waals surface area contributed by atoms with Gasteiger partial charge in [0.25, 0.3) is 0 Å². The molecule has 1 saturated heterocycles. The zero-order valence-corrected chi connectivity index (χ0v) is 14.5. The number of rotatable bonds is 3. The number of nitrogens with zero attached hydrogens (tertiary/aromatic N) is 2. The molecule has 1 amide bonds. The molecule has 24 heavy (non-hydrogen) atoms. The summed E-state index contributed by atoms with van der Waals surface area (Å²) in [7, 11) is 0. The Hall–Kier alpha value is -1.15. The third kappa shape index (κ3) is 2.63. The van der Waals surface area contributed by atoms with Crippen LogP contribution < -0.4 is 5.73 Å². The fourth-order valence-electron chi connectivity index (χ4n) is 5.93. The number of hydrogen-bond acceptors (Lipinski definition) is 3. The highest BCUT2D eigenvalue weighted by Gasteiger charge is 2.56.